The number of fused-ring (bicyclic) bond motifs is 1. The maximum absolute atomic E-state index is 11.9. The molecular formula is C14H13NO4. The molecule has 2 aromatic rings. The van der Waals surface area contributed by atoms with Gasteiger partial charge in [-0.1, -0.05) is 6.07 Å². The second kappa shape index (κ2) is 4.51. The molecule has 1 aromatic carbocycles. The molecule has 0 aliphatic carbocycles. The predicted octanol–water partition coefficient (Wildman–Crippen LogP) is 1.45. The molecule has 98 valence electrons. The van der Waals surface area contributed by atoms with Gasteiger partial charge in [0.05, 0.1) is 18.8 Å². The number of carbonyl (C=O) groups is 2. The minimum absolute atomic E-state index is 0.0596. The van der Waals surface area contributed by atoms with E-state index < -0.39 is 0 Å². The van der Waals surface area contributed by atoms with Crippen molar-refractivity contribution in [1.29, 1.82) is 0 Å². The van der Waals surface area contributed by atoms with E-state index in [0.717, 1.165) is 16.5 Å². The fourth-order valence-corrected chi connectivity index (χ4v) is 2.45. The smallest absolute Gasteiger partial charge is 0.234 e. The van der Waals surface area contributed by atoms with Crippen LogP contribution in [0.1, 0.15) is 29.9 Å². The minimum Gasteiger partial charge on any atom is -0.464 e. The van der Waals surface area contributed by atoms with Crippen LogP contribution in [-0.4, -0.2) is 16.9 Å². The number of amides is 2. The Morgan fingerprint density at radius 3 is 2.95 bits per heavy atom. The second-order valence-electron chi connectivity index (χ2n) is 4.68. The number of benzene rings is 1. The first-order chi connectivity index (χ1) is 9.19. The summed E-state index contributed by atoms with van der Waals surface area (Å²) in [7, 11) is 0. The Labute approximate surface area is 109 Å². The summed E-state index contributed by atoms with van der Waals surface area (Å²) in [6.45, 7) is -0.0596. The van der Waals surface area contributed by atoms with E-state index >= 15 is 0 Å². The Kier molecular flexibility index (Phi) is 2.83. The number of hydrogen-bond acceptors (Lipinski definition) is 4. The van der Waals surface area contributed by atoms with Crippen molar-refractivity contribution in [2.45, 2.75) is 25.4 Å². The Morgan fingerprint density at radius 2 is 2.21 bits per heavy atom. The number of aliphatic hydroxyl groups is 1. The van der Waals surface area contributed by atoms with Gasteiger partial charge in [0.15, 0.2) is 0 Å². The third kappa shape index (κ3) is 2.02. The van der Waals surface area contributed by atoms with Crippen LogP contribution in [0.2, 0.25) is 0 Å². The van der Waals surface area contributed by atoms with E-state index in [1.165, 1.54) is 0 Å². The number of piperidine rings is 1. The van der Waals surface area contributed by atoms with Gasteiger partial charge in [0.1, 0.15) is 5.58 Å². The standard InChI is InChI=1S/C14H13NO4/c16-6-8-1-3-12-10(5-8)11(7-19-12)9-2-4-13(17)15-14(9)18/h1,3,5,7,9,16H,2,4,6H2,(H,15,17,18). The van der Waals surface area contributed by atoms with Crippen molar-refractivity contribution in [1.82, 2.24) is 5.32 Å². The van der Waals surface area contributed by atoms with Gasteiger partial charge in [-0.25, -0.2) is 0 Å². The van der Waals surface area contributed by atoms with Gasteiger partial charge in [0.2, 0.25) is 11.8 Å². The third-order valence-corrected chi connectivity index (χ3v) is 3.47. The van der Waals surface area contributed by atoms with E-state index in [2.05, 4.69) is 5.32 Å². The third-order valence-electron chi connectivity index (χ3n) is 3.47. The van der Waals surface area contributed by atoms with E-state index in [1.54, 1.807) is 18.4 Å². The van der Waals surface area contributed by atoms with Crippen LogP contribution >= 0.6 is 0 Å². The number of furan rings is 1. The summed E-state index contributed by atoms with van der Waals surface area (Å²) >= 11 is 0. The topological polar surface area (TPSA) is 79.5 Å². The molecule has 1 fully saturated rings. The van der Waals surface area contributed by atoms with Crippen molar-refractivity contribution >= 4 is 22.8 Å². The molecule has 1 aromatic heterocycles. The lowest BCUT2D eigenvalue weighted by Gasteiger charge is -2.19. The molecule has 2 amide bonds. The average molecular weight is 259 g/mol. The molecule has 1 saturated heterocycles. The van der Waals surface area contributed by atoms with Gasteiger partial charge in [-0.05, 0) is 24.1 Å². The lowest BCUT2D eigenvalue weighted by molar-refractivity contribution is -0.134. The number of carbonyl (C=O) groups excluding carboxylic acids is 2. The summed E-state index contributed by atoms with van der Waals surface area (Å²) in [5, 5.41) is 12.3. The van der Waals surface area contributed by atoms with Crippen molar-refractivity contribution in [2.24, 2.45) is 0 Å². The summed E-state index contributed by atoms with van der Waals surface area (Å²) in [6.07, 6.45) is 2.39. The zero-order valence-electron chi connectivity index (χ0n) is 10.2. The van der Waals surface area contributed by atoms with Crippen LogP contribution < -0.4 is 5.32 Å². The molecule has 1 aliphatic heterocycles. The highest BCUT2D eigenvalue weighted by molar-refractivity contribution is 6.02. The monoisotopic (exact) mass is 259 g/mol. The zero-order chi connectivity index (χ0) is 13.4. The summed E-state index contributed by atoms with van der Waals surface area (Å²) in [6, 6.07) is 5.37. The van der Waals surface area contributed by atoms with Crippen LogP contribution in [-0.2, 0) is 16.2 Å². The van der Waals surface area contributed by atoms with Gasteiger partial charge in [0.25, 0.3) is 0 Å². The molecule has 0 bridgehead atoms. The fraction of sp³-hybridized carbons (Fsp3) is 0.286. The van der Waals surface area contributed by atoms with Gasteiger partial charge in [-0.3, -0.25) is 14.9 Å². The van der Waals surface area contributed by atoms with Crippen molar-refractivity contribution in [3.8, 4) is 0 Å². The second-order valence-corrected chi connectivity index (χ2v) is 4.68. The fourth-order valence-electron chi connectivity index (χ4n) is 2.45. The molecule has 2 heterocycles. The molecule has 2 N–H and O–H groups in total. The normalized spacial score (nSPS) is 19.7. The molecule has 0 spiro atoms. The van der Waals surface area contributed by atoms with Crippen molar-refractivity contribution in [3.05, 3.63) is 35.6 Å². The first-order valence-electron chi connectivity index (χ1n) is 6.13. The van der Waals surface area contributed by atoms with Gasteiger partial charge in [-0.15, -0.1) is 0 Å². The summed E-state index contributed by atoms with van der Waals surface area (Å²) < 4.78 is 5.43. The Morgan fingerprint density at radius 1 is 1.37 bits per heavy atom. The number of hydrogen-bond donors (Lipinski definition) is 2. The largest absolute Gasteiger partial charge is 0.464 e. The summed E-state index contributed by atoms with van der Waals surface area (Å²) in [4.78, 5) is 23.0. The van der Waals surface area contributed by atoms with Gasteiger partial charge in [-0.2, -0.15) is 0 Å². The number of nitrogens with one attached hydrogen (secondary N) is 1. The van der Waals surface area contributed by atoms with Crippen molar-refractivity contribution in [2.75, 3.05) is 0 Å². The van der Waals surface area contributed by atoms with Crippen LogP contribution in [0, 0.1) is 0 Å². The Balaban J connectivity index is 2.04. The van der Waals surface area contributed by atoms with Crippen LogP contribution in [0.4, 0.5) is 0 Å². The molecular weight excluding hydrogens is 246 g/mol. The van der Waals surface area contributed by atoms with Gasteiger partial charge >= 0.3 is 0 Å². The maximum atomic E-state index is 11.9. The van der Waals surface area contributed by atoms with Gasteiger partial charge < -0.3 is 9.52 Å². The van der Waals surface area contributed by atoms with E-state index in [0.29, 0.717) is 18.4 Å². The van der Waals surface area contributed by atoms with E-state index in [1.807, 2.05) is 6.07 Å². The molecule has 3 rings (SSSR count). The number of aliphatic hydroxyl groups excluding tert-OH is 1. The number of rotatable bonds is 2. The molecule has 5 nitrogen and oxygen atoms in total. The highest BCUT2D eigenvalue weighted by Gasteiger charge is 2.30. The summed E-state index contributed by atoms with van der Waals surface area (Å²) in [5.41, 5.74) is 2.22. The van der Waals surface area contributed by atoms with Gasteiger partial charge in [0, 0.05) is 17.4 Å². The average Bonchev–Trinajstić information content (AvgIpc) is 2.81. The molecule has 5 heteroatoms. The first-order valence-corrected chi connectivity index (χ1v) is 6.13. The molecule has 0 saturated carbocycles. The lowest BCUT2D eigenvalue weighted by Crippen LogP contribution is -2.39. The van der Waals surface area contributed by atoms with E-state index in [4.69, 9.17) is 9.52 Å². The maximum Gasteiger partial charge on any atom is 0.234 e. The minimum atomic E-state index is -0.368. The lowest BCUT2D eigenvalue weighted by atomic mass is 9.90. The number of imide groups is 1. The predicted molar refractivity (Wildman–Crippen MR) is 67.3 cm³/mol. The van der Waals surface area contributed by atoms with Crippen LogP contribution in [0.25, 0.3) is 11.0 Å². The quantitative estimate of drug-likeness (QED) is 0.800. The highest BCUT2D eigenvalue weighted by atomic mass is 16.3. The molecule has 19 heavy (non-hydrogen) atoms. The van der Waals surface area contributed by atoms with E-state index in [9.17, 15) is 9.59 Å². The van der Waals surface area contributed by atoms with Crippen LogP contribution in [0.15, 0.2) is 28.9 Å². The molecule has 0 radical (unpaired) electrons. The SMILES string of the molecule is O=C1CCC(c2coc3ccc(CO)cc23)C(=O)N1. The van der Waals surface area contributed by atoms with Crippen molar-refractivity contribution in [3.63, 3.8) is 0 Å². The summed E-state index contributed by atoms with van der Waals surface area (Å²) in [5.74, 6) is -0.883. The Bertz CT molecular complexity index is 659. The van der Waals surface area contributed by atoms with Crippen LogP contribution in [0.3, 0.4) is 0 Å². The molecule has 1 unspecified atom stereocenters. The molecule has 1 atom stereocenters. The van der Waals surface area contributed by atoms with E-state index in [-0.39, 0.29) is 24.3 Å². The molecule has 1 aliphatic rings. The first kappa shape index (κ1) is 11.9. The highest BCUT2D eigenvalue weighted by Crippen LogP contribution is 2.32. The van der Waals surface area contributed by atoms with Crippen LogP contribution in [0.5, 0.6) is 0 Å². The zero-order valence-corrected chi connectivity index (χ0v) is 10.2. The Hall–Kier alpha value is -2.14. The van der Waals surface area contributed by atoms with Crippen molar-refractivity contribution < 1.29 is 19.1 Å².